The molecule has 2 N–H and O–H groups in total. The van der Waals surface area contributed by atoms with E-state index in [-0.39, 0.29) is 11.5 Å². The maximum absolute atomic E-state index is 12.1. The molecule has 1 aromatic carbocycles. The van der Waals surface area contributed by atoms with Crippen LogP contribution in [0.25, 0.3) is 0 Å². The van der Waals surface area contributed by atoms with Gasteiger partial charge in [-0.25, -0.2) is 4.79 Å². The van der Waals surface area contributed by atoms with Crippen LogP contribution in [0.5, 0.6) is 0 Å². The largest absolute Gasteiger partial charge is 0.341 e. The van der Waals surface area contributed by atoms with Crippen LogP contribution in [0.4, 0.5) is 4.79 Å². The number of amides is 3. The van der Waals surface area contributed by atoms with Gasteiger partial charge in [0.1, 0.15) is 0 Å². The summed E-state index contributed by atoms with van der Waals surface area (Å²) in [5, 5.41) is 12.1. The number of rotatable bonds is 7. The summed E-state index contributed by atoms with van der Waals surface area (Å²) in [4.78, 5) is 35.0. The molecular formula is C15H16N4O3S3. The smallest absolute Gasteiger partial charge is 0.321 e. The maximum atomic E-state index is 12.1. The standard InChI is InChI=1S/C15H16N4O3S3/c1-9(12(21)17-13(22)16-2)24-15-19-18-14(25-15)23-8-11(20)10-6-4-3-5-7-10/h3-7,9H,8H2,1-2H3,(H2,16,17,21,22)/t9-/m1/s1. The first-order valence-corrected chi connectivity index (χ1v) is 9.91. The van der Waals surface area contributed by atoms with E-state index in [2.05, 4.69) is 20.8 Å². The molecule has 0 aliphatic heterocycles. The number of Topliss-reactive ketones (excluding diaryl/α,β-unsaturated/α-hetero) is 1. The number of urea groups is 1. The Morgan fingerprint density at radius 1 is 1.16 bits per heavy atom. The lowest BCUT2D eigenvalue weighted by Crippen LogP contribution is -2.41. The number of aromatic nitrogens is 2. The summed E-state index contributed by atoms with van der Waals surface area (Å²) < 4.78 is 1.26. The molecule has 7 nitrogen and oxygen atoms in total. The second kappa shape index (κ2) is 9.54. The number of hydrogen-bond acceptors (Lipinski definition) is 8. The SMILES string of the molecule is CNC(=O)NC(=O)[C@@H](C)Sc1nnc(SCC(=O)c2ccccc2)s1. The topological polar surface area (TPSA) is 101 Å². The summed E-state index contributed by atoms with van der Waals surface area (Å²) in [6, 6.07) is 8.50. The third kappa shape index (κ3) is 6.15. The molecule has 132 valence electrons. The van der Waals surface area contributed by atoms with Crippen LogP contribution in [0.3, 0.4) is 0 Å². The highest BCUT2D eigenvalue weighted by atomic mass is 32.2. The Bertz CT molecular complexity index is 751. The quantitative estimate of drug-likeness (QED) is 0.547. The molecule has 1 aromatic heterocycles. The van der Waals surface area contributed by atoms with E-state index < -0.39 is 17.2 Å². The summed E-state index contributed by atoms with van der Waals surface area (Å²) in [6.07, 6.45) is 0. The number of carbonyl (C=O) groups is 3. The van der Waals surface area contributed by atoms with Gasteiger partial charge in [0.15, 0.2) is 14.5 Å². The summed E-state index contributed by atoms with van der Waals surface area (Å²) in [5.74, 6) is -0.114. The van der Waals surface area contributed by atoms with E-state index in [4.69, 9.17) is 0 Å². The highest BCUT2D eigenvalue weighted by Crippen LogP contribution is 2.31. The van der Waals surface area contributed by atoms with Gasteiger partial charge in [-0.3, -0.25) is 14.9 Å². The van der Waals surface area contributed by atoms with E-state index in [1.165, 1.54) is 41.9 Å². The molecule has 0 spiro atoms. The van der Waals surface area contributed by atoms with Crippen molar-refractivity contribution in [1.82, 2.24) is 20.8 Å². The number of nitrogens with one attached hydrogen (secondary N) is 2. The lowest BCUT2D eigenvalue weighted by atomic mass is 10.2. The van der Waals surface area contributed by atoms with Crippen molar-refractivity contribution in [1.29, 1.82) is 0 Å². The van der Waals surface area contributed by atoms with Crippen LogP contribution in [0.1, 0.15) is 17.3 Å². The van der Waals surface area contributed by atoms with Crippen molar-refractivity contribution in [3.8, 4) is 0 Å². The second-order valence-electron chi connectivity index (χ2n) is 4.74. The number of carbonyl (C=O) groups excluding carboxylic acids is 3. The van der Waals surface area contributed by atoms with Crippen LogP contribution in [0, 0.1) is 0 Å². The zero-order chi connectivity index (χ0) is 18.2. The van der Waals surface area contributed by atoms with Gasteiger partial charge in [-0.2, -0.15) is 0 Å². The normalized spacial score (nSPS) is 11.6. The highest BCUT2D eigenvalue weighted by molar-refractivity contribution is 8.04. The van der Waals surface area contributed by atoms with Crippen LogP contribution in [-0.2, 0) is 4.79 Å². The van der Waals surface area contributed by atoms with Crippen LogP contribution in [-0.4, -0.2) is 46.0 Å². The van der Waals surface area contributed by atoms with Gasteiger partial charge in [-0.1, -0.05) is 65.2 Å². The van der Waals surface area contributed by atoms with Crippen LogP contribution in [0.15, 0.2) is 39.0 Å². The van der Waals surface area contributed by atoms with Gasteiger partial charge < -0.3 is 5.32 Å². The van der Waals surface area contributed by atoms with E-state index in [1.54, 1.807) is 19.1 Å². The summed E-state index contributed by atoms with van der Waals surface area (Å²) >= 11 is 3.83. The fourth-order valence-corrected chi connectivity index (χ4v) is 4.68. The highest BCUT2D eigenvalue weighted by Gasteiger charge is 2.19. The molecule has 1 heterocycles. The summed E-state index contributed by atoms with van der Waals surface area (Å²) in [6.45, 7) is 1.68. The number of ketones is 1. The Kier molecular flexibility index (Phi) is 7.41. The molecule has 0 bridgehead atoms. The van der Waals surface area contributed by atoms with Crippen molar-refractivity contribution in [3.63, 3.8) is 0 Å². The fraction of sp³-hybridized carbons (Fsp3) is 0.267. The molecule has 0 saturated carbocycles. The molecule has 0 unspecified atom stereocenters. The third-order valence-corrected chi connectivity index (χ3v) is 6.16. The average Bonchev–Trinajstić information content (AvgIpc) is 3.07. The third-order valence-electron chi connectivity index (χ3n) is 2.92. The predicted molar refractivity (Wildman–Crippen MR) is 99.3 cm³/mol. The van der Waals surface area contributed by atoms with Gasteiger partial charge >= 0.3 is 6.03 Å². The number of thioether (sulfide) groups is 2. The van der Waals surface area contributed by atoms with Crippen molar-refractivity contribution in [2.45, 2.75) is 20.9 Å². The molecule has 2 rings (SSSR count). The molecular weight excluding hydrogens is 380 g/mol. The van der Waals surface area contributed by atoms with Gasteiger partial charge in [0.2, 0.25) is 5.91 Å². The van der Waals surface area contributed by atoms with Crippen LogP contribution < -0.4 is 10.6 Å². The zero-order valence-electron chi connectivity index (χ0n) is 13.5. The minimum absolute atomic E-state index is 0.0216. The first kappa shape index (κ1) is 19.4. The zero-order valence-corrected chi connectivity index (χ0v) is 16.0. The van der Waals surface area contributed by atoms with Gasteiger partial charge in [0.05, 0.1) is 11.0 Å². The second-order valence-corrected chi connectivity index (χ2v) is 8.53. The Balaban J connectivity index is 1.84. The summed E-state index contributed by atoms with van der Waals surface area (Å²) in [5.41, 5.74) is 0.661. The molecule has 10 heteroatoms. The van der Waals surface area contributed by atoms with Crippen molar-refractivity contribution >= 4 is 52.6 Å². The van der Waals surface area contributed by atoms with Crippen molar-refractivity contribution in [2.75, 3.05) is 12.8 Å². The lowest BCUT2D eigenvalue weighted by molar-refractivity contribution is -0.119. The van der Waals surface area contributed by atoms with Crippen LogP contribution >= 0.6 is 34.9 Å². The summed E-state index contributed by atoms with van der Waals surface area (Å²) in [7, 11) is 1.44. The first-order valence-electron chi connectivity index (χ1n) is 7.23. The Hall–Kier alpha value is -1.91. The van der Waals surface area contributed by atoms with Gasteiger partial charge in [-0.15, -0.1) is 10.2 Å². The molecule has 0 aliphatic rings. The van der Waals surface area contributed by atoms with E-state index in [9.17, 15) is 14.4 Å². The van der Waals surface area contributed by atoms with E-state index in [0.29, 0.717) is 14.2 Å². The average molecular weight is 397 g/mol. The number of benzene rings is 1. The Labute approximate surface area is 157 Å². The lowest BCUT2D eigenvalue weighted by Gasteiger charge is -2.08. The first-order chi connectivity index (χ1) is 12.0. The van der Waals surface area contributed by atoms with Crippen molar-refractivity contribution in [3.05, 3.63) is 35.9 Å². The fourth-order valence-electron chi connectivity index (χ4n) is 1.62. The van der Waals surface area contributed by atoms with Crippen molar-refractivity contribution in [2.24, 2.45) is 0 Å². The van der Waals surface area contributed by atoms with E-state index >= 15 is 0 Å². The minimum Gasteiger partial charge on any atom is -0.341 e. The number of nitrogens with zero attached hydrogens (tertiary/aromatic N) is 2. The number of imide groups is 1. The molecule has 0 fully saturated rings. The molecule has 0 saturated heterocycles. The van der Waals surface area contributed by atoms with Gasteiger partial charge in [0, 0.05) is 12.6 Å². The van der Waals surface area contributed by atoms with Crippen molar-refractivity contribution < 1.29 is 14.4 Å². The van der Waals surface area contributed by atoms with Gasteiger partial charge in [-0.05, 0) is 6.92 Å². The predicted octanol–water partition coefficient (Wildman–Crippen LogP) is 2.45. The molecule has 1 atom stereocenters. The molecule has 2 aromatic rings. The molecule has 3 amide bonds. The number of hydrogen-bond donors (Lipinski definition) is 2. The van der Waals surface area contributed by atoms with Crippen LogP contribution in [0.2, 0.25) is 0 Å². The maximum Gasteiger partial charge on any atom is 0.321 e. The van der Waals surface area contributed by atoms with E-state index in [0.717, 1.165) is 0 Å². The minimum atomic E-state index is -0.551. The van der Waals surface area contributed by atoms with E-state index in [1.807, 2.05) is 18.2 Å². The van der Waals surface area contributed by atoms with Gasteiger partial charge in [0.25, 0.3) is 0 Å². The molecule has 25 heavy (non-hydrogen) atoms. The molecule has 0 aliphatic carbocycles. The monoisotopic (exact) mass is 396 g/mol. The Morgan fingerprint density at radius 2 is 1.84 bits per heavy atom. The molecule has 0 radical (unpaired) electrons. The Morgan fingerprint density at radius 3 is 2.52 bits per heavy atom.